The van der Waals surface area contributed by atoms with Crippen LogP contribution < -0.4 is 0 Å². The van der Waals surface area contributed by atoms with Gasteiger partial charge in [0.25, 0.3) is 0 Å². The number of carbonyl (C=O) groups excluding carboxylic acids is 2. The Labute approximate surface area is 295 Å². The zero-order valence-electron chi connectivity index (χ0n) is 28.7. The zero-order chi connectivity index (χ0) is 34.9. The van der Waals surface area contributed by atoms with Crippen LogP contribution in [0.25, 0.3) is 0 Å². The molecule has 6 rings (SSSR count). The van der Waals surface area contributed by atoms with Crippen molar-refractivity contribution in [3.05, 3.63) is 179 Å². The number of ether oxygens (including phenoxy) is 1. The van der Waals surface area contributed by atoms with Crippen molar-refractivity contribution in [3.8, 4) is 0 Å². The molecule has 0 aromatic heterocycles. The molecule has 50 heavy (non-hydrogen) atoms. The van der Waals surface area contributed by atoms with Crippen LogP contribution in [0.3, 0.4) is 0 Å². The van der Waals surface area contributed by atoms with Gasteiger partial charge in [-0.3, -0.25) is 14.6 Å². The van der Waals surface area contributed by atoms with Crippen molar-refractivity contribution in [2.75, 3.05) is 0 Å². The standard InChI is InChI=1S/C43H45N3O4/c1-43(2)45(31-35-22-12-5-13-23-35)41(48)39(46(43)42(49)50-32-36-24-14-6-15-25-36)28-38(40(47)37-26-16-7-17-27-37)44(29-33-18-8-3-9-19-33)30-34-20-10-4-11-21-34/h3-27,38-40,47H,28-32H2,1-2H3/t38-,39?,40?/m0/s1. The van der Waals surface area contributed by atoms with Crippen LogP contribution >= 0.6 is 0 Å². The Morgan fingerprint density at radius 1 is 0.700 bits per heavy atom. The van der Waals surface area contributed by atoms with Crippen LogP contribution in [0.5, 0.6) is 0 Å². The van der Waals surface area contributed by atoms with Gasteiger partial charge in [-0.05, 0) is 48.1 Å². The predicted molar refractivity (Wildman–Crippen MR) is 195 cm³/mol. The van der Waals surface area contributed by atoms with Gasteiger partial charge in [-0.25, -0.2) is 4.79 Å². The van der Waals surface area contributed by atoms with Gasteiger partial charge in [0, 0.05) is 25.7 Å². The van der Waals surface area contributed by atoms with E-state index in [-0.39, 0.29) is 18.9 Å². The molecule has 1 N–H and O–H groups in total. The molecule has 1 aliphatic rings. The maximum absolute atomic E-state index is 14.7. The fourth-order valence-corrected chi connectivity index (χ4v) is 6.96. The number of aliphatic hydroxyl groups is 1. The first kappa shape index (κ1) is 34.6. The van der Waals surface area contributed by atoms with Gasteiger partial charge in [0.15, 0.2) is 0 Å². The van der Waals surface area contributed by atoms with Crippen molar-refractivity contribution in [2.24, 2.45) is 0 Å². The number of nitrogens with zero attached hydrogens (tertiary/aromatic N) is 3. The maximum Gasteiger partial charge on any atom is 0.412 e. The molecule has 1 heterocycles. The van der Waals surface area contributed by atoms with Crippen molar-refractivity contribution >= 4 is 12.0 Å². The van der Waals surface area contributed by atoms with Gasteiger partial charge in [-0.1, -0.05) is 152 Å². The summed E-state index contributed by atoms with van der Waals surface area (Å²) in [5.74, 6) is -0.180. The Morgan fingerprint density at radius 2 is 1.14 bits per heavy atom. The Morgan fingerprint density at radius 3 is 1.64 bits per heavy atom. The second-order valence-corrected chi connectivity index (χ2v) is 13.4. The number of amides is 2. The molecule has 0 aliphatic carbocycles. The van der Waals surface area contributed by atoms with Crippen molar-refractivity contribution < 1.29 is 19.4 Å². The highest BCUT2D eigenvalue weighted by atomic mass is 16.6. The van der Waals surface area contributed by atoms with E-state index in [1.807, 2.05) is 141 Å². The Hall–Kier alpha value is -5.24. The smallest absolute Gasteiger partial charge is 0.412 e. The molecular formula is C43H45N3O4. The summed E-state index contributed by atoms with van der Waals surface area (Å²) in [5, 5.41) is 12.3. The third-order valence-corrected chi connectivity index (χ3v) is 9.59. The molecule has 2 unspecified atom stereocenters. The second kappa shape index (κ2) is 16.0. The average molecular weight is 668 g/mol. The molecule has 0 spiro atoms. The lowest BCUT2D eigenvalue weighted by molar-refractivity contribution is -0.132. The molecule has 1 aliphatic heterocycles. The molecule has 2 amide bonds. The van der Waals surface area contributed by atoms with E-state index in [9.17, 15) is 14.7 Å². The third kappa shape index (κ3) is 8.13. The molecular weight excluding hydrogens is 622 g/mol. The molecule has 0 radical (unpaired) electrons. The lowest BCUT2D eigenvalue weighted by Crippen LogP contribution is -2.53. The van der Waals surface area contributed by atoms with E-state index in [2.05, 4.69) is 29.2 Å². The van der Waals surface area contributed by atoms with Crippen molar-refractivity contribution in [1.82, 2.24) is 14.7 Å². The van der Waals surface area contributed by atoms with Crippen LogP contribution in [0.2, 0.25) is 0 Å². The van der Waals surface area contributed by atoms with E-state index in [1.165, 1.54) is 0 Å². The summed E-state index contributed by atoms with van der Waals surface area (Å²) in [7, 11) is 0. The molecule has 256 valence electrons. The minimum atomic E-state index is -1.02. The van der Waals surface area contributed by atoms with E-state index < -0.39 is 29.9 Å². The first-order chi connectivity index (χ1) is 24.3. The van der Waals surface area contributed by atoms with E-state index in [0.717, 1.165) is 27.8 Å². The second-order valence-electron chi connectivity index (χ2n) is 13.4. The fraction of sp³-hybridized carbons (Fsp3) is 0.256. The largest absolute Gasteiger partial charge is 0.444 e. The Kier molecular flexibility index (Phi) is 11.1. The Balaban J connectivity index is 1.40. The number of carbonyl (C=O) groups is 2. The Bertz CT molecular complexity index is 1760. The highest BCUT2D eigenvalue weighted by molar-refractivity contribution is 5.90. The minimum absolute atomic E-state index is 0.0794. The highest BCUT2D eigenvalue weighted by Gasteiger charge is 2.55. The van der Waals surface area contributed by atoms with Gasteiger partial charge in [0.05, 0.1) is 6.10 Å². The first-order valence-electron chi connectivity index (χ1n) is 17.2. The maximum atomic E-state index is 14.7. The van der Waals surface area contributed by atoms with Crippen LogP contribution in [0.1, 0.15) is 54.2 Å². The van der Waals surface area contributed by atoms with Gasteiger partial charge in [-0.15, -0.1) is 0 Å². The molecule has 3 atom stereocenters. The van der Waals surface area contributed by atoms with Crippen LogP contribution in [0, 0.1) is 0 Å². The van der Waals surface area contributed by atoms with Gasteiger partial charge >= 0.3 is 6.09 Å². The summed E-state index contributed by atoms with van der Waals surface area (Å²) in [6.07, 6.45) is -1.34. The minimum Gasteiger partial charge on any atom is -0.444 e. The summed E-state index contributed by atoms with van der Waals surface area (Å²) in [4.78, 5) is 34.5. The van der Waals surface area contributed by atoms with Crippen molar-refractivity contribution in [3.63, 3.8) is 0 Å². The lowest BCUT2D eigenvalue weighted by atomic mass is 9.93. The molecule has 1 fully saturated rings. The molecule has 5 aromatic carbocycles. The van der Waals surface area contributed by atoms with Gasteiger partial charge < -0.3 is 14.7 Å². The van der Waals surface area contributed by atoms with Crippen LogP contribution in [-0.2, 0) is 35.8 Å². The molecule has 0 saturated carbocycles. The monoisotopic (exact) mass is 667 g/mol. The van der Waals surface area contributed by atoms with Crippen molar-refractivity contribution in [1.29, 1.82) is 0 Å². The van der Waals surface area contributed by atoms with Gasteiger partial charge in [-0.2, -0.15) is 0 Å². The van der Waals surface area contributed by atoms with E-state index in [0.29, 0.717) is 19.6 Å². The molecule has 5 aromatic rings. The summed E-state index contributed by atoms with van der Waals surface area (Å²) in [6, 6.07) is 47.8. The number of rotatable bonds is 13. The molecule has 7 heteroatoms. The molecule has 1 saturated heterocycles. The van der Waals surface area contributed by atoms with Crippen molar-refractivity contribution in [2.45, 2.75) is 70.4 Å². The van der Waals surface area contributed by atoms with Crippen LogP contribution in [-0.4, -0.2) is 49.6 Å². The summed E-state index contributed by atoms with van der Waals surface area (Å²) >= 11 is 0. The SMILES string of the molecule is CC1(C)N(Cc2ccccc2)C(=O)C(C[C@@H](C(O)c2ccccc2)N(Cc2ccccc2)Cc2ccccc2)N1C(=O)OCc1ccccc1. The van der Waals surface area contributed by atoms with Gasteiger partial charge in [0.2, 0.25) is 5.91 Å². The number of hydrogen-bond donors (Lipinski definition) is 1. The lowest BCUT2D eigenvalue weighted by Gasteiger charge is -2.40. The molecule has 7 nitrogen and oxygen atoms in total. The van der Waals surface area contributed by atoms with E-state index >= 15 is 0 Å². The van der Waals surface area contributed by atoms with Crippen LogP contribution in [0.4, 0.5) is 4.79 Å². The summed E-state index contributed by atoms with van der Waals surface area (Å²) in [6.45, 7) is 5.25. The number of aliphatic hydroxyl groups excluding tert-OH is 1. The van der Waals surface area contributed by atoms with E-state index in [1.54, 1.807) is 9.80 Å². The fourth-order valence-electron chi connectivity index (χ4n) is 6.96. The topological polar surface area (TPSA) is 73.3 Å². The average Bonchev–Trinajstić information content (AvgIpc) is 3.34. The quantitative estimate of drug-likeness (QED) is 0.138. The van der Waals surface area contributed by atoms with Gasteiger partial charge in [0.1, 0.15) is 18.3 Å². The number of hydrogen-bond acceptors (Lipinski definition) is 5. The number of benzene rings is 5. The summed E-state index contributed by atoms with van der Waals surface area (Å²) in [5.41, 5.74) is 3.71. The normalized spacial score (nSPS) is 16.7. The molecule has 0 bridgehead atoms. The van der Waals surface area contributed by atoms with Crippen LogP contribution in [0.15, 0.2) is 152 Å². The van der Waals surface area contributed by atoms with E-state index in [4.69, 9.17) is 4.74 Å². The predicted octanol–water partition coefficient (Wildman–Crippen LogP) is 7.97. The zero-order valence-corrected chi connectivity index (χ0v) is 28.7. The summed E-state index contributed by atoms with van der Waals surface area (Å²) < 4.78 is 5.94. The highest BCUT2D eigenvalue weighted by Crippen LogP contribution is 2.39. The third-order valence-electron chi connectivity index (χ3n) is 9.59. The first-order valence-corrected chi connectivity index (χ1v) is 17.2.